The molecule has 0 saturated heterocycles. The molecular weight excluding hydrogens is 288 g/mol. The first-order valence-corrected chi connectivity index (χ1v) is 7.89. The van der Waals surface area contributed by atoms with Gasteiger partial charge in [-0.05, 0) is 49.6 Å². The molecule has 1 heterocycles. The van der Waals surface area contributed by atoms with Gasteiger partial charge in [-0.2, -0.15) is 0 Å². The van der Waals surface area contributed by atoms with Crippen molar-refractivity contribution < 1.29 is 9.53 Å². The minimum atomic E-state index is -0.479. The van der Waals surface area contributed by atoms with Gasteiger partial charge in [-0.1, -0.05) is 30.3 Å². The van der Waals surface area contributed by atoms with Gasteiger partial charge in [-0.15, -0.1) is 0 Å². The first-order chi connectivity index (χ1) is 11.0. The largest absolute Gasteiger partial charge is 0.479 e. The summed E-state index contributed by atoms with van der Waals surface area (Å²) in [5.74, 6) is 0.706. The maximum Gasteiger partial charge on any atom is 0.268 e. The number of nitrogens with two attached hydrogens (primary N) is 1. The summed E-state index contributed by atoms with van der Waals surface area (Å²) in [6.07, 6.45) is -0.479. The van der Waals surface area contributed by atoms with Crippen LogP contribution in [0.1, 0.15) is 36.6 Å². The molecule has 4 nitrogen and oxygen atoms in total. The lowest BCUT2D eigenvalue weighted by Gasteiger charge is -2.34. The molecule has 2 aromatic rings. The number of nitrogens with zero attached hydrogens (tertiary/aromatic N) is 1. The number of carbonyl (C=O) groups is 1. The number of hydrogen-bond acceptors (Lipinski definition) is 3. The van der Waals surface area contributed by atoms with Crippen LogP contribution in [0.2, 0.25) is 0 Å². The Morgan fingerprint density at radius 2 is 2.00 bits per heavy atom. The zero-order valence-electron chi connectivity index (χ0n) is 13.7. The second kappa shape index (κ2) is 6.05. The molecule has 1 amide bonds. The summed E-state index contributed by atoms with van der Waals surface area (Å²) in [6, 6.07) is 13.8. The highest BCUT2D eigenvalue weighted by Crippen LogP contribution is 2.37. The molecule has 0 aromatic heterocycles. The highest BCUT2D eigenvalue weighted by Gasteiger charge is 2.32. The van der Waals surface area contributed by atoms with Gasteiger partial charge in [0, 0.05) is 6.04 Å². The third-order valence-corrected chi connectivity index (χ3v) is 4.31. The van der Waals surface area contributed by atoms with Crippen LogP contribution in [0.3, 0.4) is 0 Å². The van der Waals surface area contributed by atoms with Crippen LogP contribution in [0.5, 0.6) is 5.75 Å². The van der Waals surface area contributed by atoms with Crippen LogP contribution < -0.4 is 15.4 Å². The Hall–Kier alpha value is -2.33. The van der Waals surface area contributed by atoms with E-state index in [0.29, 0.717) is 6.54 Å². The number of amides is 1. The second-order valence-electron chi connectivity index (χ2n) is 6.13. The lowest BCUT2D eigenvalue weighted by atomic mass is 10.0. The molecule has 0 fully saturated rings. The SMILES string of the molecule is Cc1ccccc1CN1C(=O)C(C)Oc2ccc(C(C)N)cc21. The predicted molar refractivity (Wildman–Crippen MR) is 91.5 cm³/mol. The highest BCUT2D eigenvalue weighted by molar-refractivity contribution is 5.99. The van der Waals surface area contributed by atoms with Crippen LogP contribution in [-0.4, -0.2) is 12.0 Å². The Balaban J connectivity index is 2.03. The van der Waals surface area contributed by atoms with Crippen molar-refractivity contribution in [2.45, 2.75) is 39.5 Å². The summed E-state index contributed by atoms with van der Waals surface area (Å²) in [4.78, 5) is 14.5. The number of rotatable bonds is 3. The van der Waals surface area contributed by atoms with E-state index in [2.05, 4.69) is 19.1 Å². The fraction of sp³-hybridized carbons (Fsp3) is 0.316. The van der Waals surface area contributed by atoms with E-state index in [1.165, 1.54) is 5.56 Å². The van der Waals surface area contributed by atoms with Gasteiger partial charge in [0.2, 0.25) is 0 Å². The van der Waals surface area contributed by atoms with Gasteiger partial charge in [0.05, 0.1) is 12.2 Å². The fourth-order valence-electron chi connectivity index (χ4n) is 2.83. The number of hydrogen-bond donors (Lipinski definition) is 1. The molecule has 2 unspecified atom stereocenters. The number of fused-ring (bicyclic) bond motifs is 1. The van der Waals surface area contributed by atoms with Crippen molar-refractivity contribution in [3.05, 3.63) is 59.2 Å². The topological polar surface area (TPSA) is 55.6 Å². The first-order valence-electron chi connectivity index (χ1n) is 7.89. The summed E-state index contributed by atoms with van der Waals surface area (Å²) < 4.78 is 5.74. The van der Waals surface area contributed by atoms with E-state index in [9.17, 15) is 4.79 Å². The molecule has 0 bridgehead atoms. The van der Waals surface area contributed by atoms with Crippen molar-refractivity contribution in [3.63, 3.8) is 0 Å². The first kappa shape index (κ1) is 15.6. The lowest BCUT2D eigenvalue weighted by molar-refractivity contribution is -0.125. The van der Waals surface area contributed by atoms with E-state index >= 15 is 0 Å². The zero-order valence-corrected chi connectivity index (χ0v) is 13.7. The monoisotopic (exact) mass is 310 g/mol. The van der Waals surface area contributed by atoms with Crippen LogP contribution in [0.15, 0.2) is 42.5 Å². The molecule has 120 valence electrons. The Labute approximate surface area is 136 Å². The van der Waals surface area contributed by atoms with E-state index < -0.39 is 6.10 Å². The van der Waals surface area contributed by atoms with Crippen LogP contribution in [-0.2, 0) is 11.3 Å². The number of anilines is 1. The molecule has 1 aliphatic heterocycles. The van der Waals surface area contributed by atoms with Crippen LogP contribution >= 0.6 is 0 Å². The second-order valence-corrected chi connectivity index (χ2v) is 6.13. The maximum absolute atomic E-state index is 12.7. The number of ether oxygens (including phenoxy) is 1. The van der Waals surface area contributed by atoms with Gasteiger partial charge in [0.25, 0.3) is 5.91 Å². The maximum atomic E-state index is 12.7. The summed E-state index contributed by atoms with van der Waals surface area (Å²) in [7, 11) is 0. The van der Waals surface area contributed by atoms with Crippen molar-refractivity contribution in [2.75, 3.05) is 4.90 Å². The number of carbonyl (C=O) groups excluding carboxylic acids is 1. The molecule has 0 saturated carbocycles. The van der Waals surface area contributed by atoms with E-state index in [1.807, 2.05) is 37.3 Å². The zero-order chi connectivity index (χ0) is 16.6. The Kier molecular flexibility index (Phi) is 4.09. The summed E-state index contributed by atoms with van der Waals surface area (Å²) >= 11 is 0. The predicted octanol–water partition coefficient (Wildman–Crippen LogP) is 3.33. The van der Waals surface area contributed by atoms with Crippen molar-refractivity contribution in [2.24, 2.45) is 5.73 Å². The van der Waals surface area contributed by atoms with Gasteiger partial charge in [-0.25, -0.2) is 0 Å². The van der Waals surface area contributed by atoms with Gasteiger partial charge >= 0.3 is 0 Å². The van der Waals surface area contributed by atoms with Crippen molar-refractivity contribution in [3.8, 4) is 5.75 Å². The summed E-state index contributed by atoms with van der Waals surface area (Å²) in [5, 5.41) is 0. The Morgan fingerprint density at radius 1 is 1.26 bits per heavy atom. The standard InChI is InChI=1S/C19H22N2O2/c1-12-6-4-5-7-16(12)11-21-17-10-15(13(2)20)8-9-18(17)23-14(3)19(21)22/h4-10,13-14H,11,20H2,1-3H3. The summed E-state index contributed by atoms with van der Waals surface area (Å²) in [6.45, 7) is 6.31. The van der Waals surface area contributed by atoms with Crippen molar-refractivity contribution in [1.29, 1.82) is 0 Å². The number of aryl methyl sites for hydroxylation is 1. The van der Waals surface area contributed by atoms with Crippen molar-refractivity contribution >= 4 is 11.6 Å². The van der Waals surface area contributed by atoms with E-state index in [0.717, 1.165) is 22.6 Å². The average Bonchev–Trinajstić information content (AvgIpc) is 2.53. The molecule has 0 aliphatic carbocycles. The van der Waals surface area contributed by atoms with E-state index in [4.69, 9.17) is 10.5 Å². The minimum absolute atomic E-state index is 0.0254. The van der Waals surface area contributed by atoms with Crippen LogP contribution in [0.25, 0.3) is 0 Å². The molecule has 0 spiro atoms. The van der Waals surface area contributed by atoms with Crippen LogP contribution in [0.4, 0.5) is 5.69 Å². The van der Waals surface area contributed by atoms with Gasteiger partial charge in [0.15, 0.2) is 6.10 Å². The molecule has 3 rings (SSSR count). The smallest absolute Gasteiger partial charge is 0.268 e. The Bertz CT molecular complexity index is 740. The molecular formula is C19H22N2O2. The molecule has 4 heteroatoms. The highest BCUT2D eigenvalue weighted by atomic mass is 16.5. The third-order valence-electron chi connectivity index (χ3n) is 4.31. The third kappa shape index (κ3) is 2.94. The molecule has 2 atom stereocenters. The number of benzene rings is 2. The normalized spacial score (nSPS) is 18.3. The van der Waals surface area contributed by atoms with E-state index in [-0.39, 0.29) is 11.9 Å². The quantitative estimate of drug-likeness (QED) is 0.946. The summed E-state index contributed by atoms with van der Waals surface area (Å²) in [5.41, 5.74) is 10.1. The molecule has 1 aliphatic rings. The van der Waals surface area contributed by atoms with E-state index in [1.54, 1.807) is 11.8 Å². The molecule has 23 heavy (non-hydrogen) atoms. The fourth-order valence-corrected chi connectivity index (χ4v) is 2.83. The molecule has 2 N–H and O–H groups in total. The average molecular weight is 310 g/mol. The Morgan fingerprint density at radius 3 is 2.70 bits per heavy atom. The van der Waals surface area contributed by atoms with Gasteiger partial charge in [-0.3, -0.25) is 4.79 Å². The van der Waals surface area contributed by atoms with Gasteiger partial charge in [0.1, 0.15) is 5.75 Å². The molecule has 0 radical (unpaired) electrons. The molecule has 2 aromatic carbocycles. The lowest BCUT2D eigenvalue weighted by Crippen LogP contribution is -2.44. The van der Waals surface area contributed by atoms with Gasteiger partial charge < -0.3 is 15.4 Å². The van der Waals surface area contributed by atoms with Crippen molar-refractivity contribution in [1.82, 2.24) is 0 Å². The minimum Gasteiger partial charge on any atom is -0.479 e. The van der Waals surface area contributed by atoms with Crippen LogP contribution in [0, 0.1) is 6.92 Å².